The van der Waals surface area contributed by atoms with Gasteiger partial charge in [0.2, 0.25) is 0 Å². The summed E-state index contributed by atoms with van der Waals surface area (Å²) in [4.78, 5) is 0. The van der Waals surface area contributed by atoms with Crippen molar-refractivity contribution in [1.82, 2.24) is 0 Å². The molecule has 1 aliphatic heterocycles. The molecule has 2 unspecified atom stereocenters. The zero-order valence-corrected chi connectivity index (χ0v) is 11.6. The largest absolute Gasteiger partial charge is 0.494 e. The number of benzene rings is 1. The number of anilines is 1. The summed E-state index contributed by atoms with van der Waals surface area (Å²) < 4.78 is 5.52. The van der Waals surface area contributed by atoms with Gasteiger partial charge in [-0.15, -0.1) is 0 Å². The third kappa shape index (κ3) is 2.57. The monoisotopic (exact) mass is 261 g/mol. The van der Waals surface area contributed by atoms with Gasteiger partial charge in [-0.3, -0.25) is 0 Å². The van der Waals surface area contributed by atoms with Crippen molar-refractivity contribution in [3.05, 3.63) is 23.8 Å². The van der Waals surface area contributed by atoms with Crippen LogP contribution in [-0.4, -0.2) is 23.9 Å². The van der Waals surface area contributed by atoms with Crippen molar-refractivity contribution in [2.45, 2.75) is 51.2 Å². The van der Waals surface area contributed by atoms with E-state index >= 15 is 0 Å². The number of aliphatic hydroxyl groups is 1. The first-order valence-corrected chi connectivity index (χ1v) is 7.48. The predicted octanol–water partition coefficient (Wildman–Crippen LogP) is 2.97. The number of aliphatic hydroxyl groups excluding tert-OH is 1. The lowest BCUT2D eigenvalue weighted by atomic mass is 9.86. The second kappa shape index (κ2) is 5.41. The molecule has 0 amide bonds. The van der Waals surface area contributed by atoms with E-state index in [2.05, 4.69) is 17.4 Å². The maximum absolute atomic E-state index is 10.4. The minimum Gasteiger partial charge on any atom is -0.494 e. The molecular formula is C16H23NO2. The Morgan fingerprint density at radius 3 is 2.84 bits per heavy atom. The Labute approximate surface area is 115 Å². The summed E-state index contributed by atoms with van der Waals surface area (Å²) in [6, 6.07) is 6.39. The van der Waals surface area contributed by atoms with Crippen LogP contribution in [0.1, 0.15) is 38.2 Å². The number of hydrogen-bond acceptors (Lipinski definition) is 3. The van der Waals surface area contributed by atoms with Gasteiger partial charge in [0.05, 0.1) is 18.8 Å². The first-order chi connectivity index (χ1) is 9.28. The summed E-state index contributed by atoms with van der Waals surface area (Å²) in [5.41, 5.74) is 2.35. The van der Waals surface area contributed by atoms with Crippen LogP contribution in [0.5, 0.6) is 5.75 Å². The lowest BCUT2D eigenvalue weighted by Crippen LogP contribution is -2.43. The van der Waals surface area contributed by atoms with Gasteiger partial charge in [0.1, 0.15) is 5.75 Å². The van der Waals surface area contributed by atoms with Crippen molar-refractivity contribution in [3.8, 4) is 5.75 Å². The molecule has 1 aromatic carbocycles. The molecule has 1 aromatic rings. The highest BCUT2D eigenvalue weighted by Crippen LogP contribution is 2.36. The van der Waals surface area contributed by atoms with E-state index in [0.717, 1.165) is 12.2 Å². The number of rotatable bonds is 3. The van der Waals surface area contributed by atoms with Gasteiger partial charge in [0, 0.05) is 12.1 Å². The minimum atomic E-state index is -0.271. The van der Waals surface area contributed by atoms with Gasteiger partial charge in [0.25, 0.3) is 0 Å². The second-order valence-electron chi connectivity index (χ2n) is 5.74. The summed E-state index contributed by atoms with van der Waals surface area (Å²) in [6.45, 7) is 2.67. The smallest absolute Gasteiger partial charge is 0.119 e. The zero-order valence-electron chi connectivity index (χ0n) is 11.6. The van der Waals surface area contributed by atoms with Crippen LogP contribution >= 0.6 is 0 Å². The zero-order chi connectivity index (χ0) is 13.2. The van der Waals surface area contributed by atoms with Crippen LogP contribution in [-0.2, 0) is 6.42 Å². The third-order valence-corrected chi connectivity index (χ3v) is 4.46. The first-order valence-electron chi connectivity index (χ1n) is 7.48. The molecule has 3 rings (SSSR count). The second-order valence-corrected chi connectivity index (χ2v) is 5.74. The lowest BCUT2D eigenvalue weighted by Gasteiger charge is -2.35. The van der Waals surface area contributed by atoms with Crippen LogP contribution in [0.15, 0.2) is 18.2 Å². The van der Waals surface area contributed by atoms with E-state index in [4.69, 9.17) is 4.74 Å². The van der Waals surface area contributed by atoms with Crippen molar-refractivity contribution < 1.29 is 9.84 Å². The summed E-state index contributed by atoms with van der Waals surface area (Å²) in [5.74, 6) is 1.53. The molecule has 0 saturated heterocycles. The maximum Gasteiger partial charge on any atom is 0.119 e. The van der Waals surface area contributed by atoms with E-state index in [-0.39, 0.29) is 12.1 Å². The molecule has 0 spiro atoms. The Bertz CT molecular complexity index is 440. The molecule has 0 bridgehead atoms. The number of ether oxygens (including phenoxy) is 1. The molecule has 0 radical (unpaired) electrons. The summed E-state index contributed by atoms with van der Waals surface area (Å²) in [6.07, 6.45) is 5.59. The van der Waals surface area contributed by atoms with E-state index < -0.39 is 0 Å². The van der Waals surface area contributed by atoms with Crippen molar-refractivity contribution in [3.63, 3.8) is 0 Å². The molecule has 1 heterocycles. The Hall–Kier alpha value is -1.22. The van der Waals surface area contributed by atoms with Crippen LogP contribution in [0, 0.1) is 5.92 Å². The Balaban J connectivity index is 1.79. The fraction of sp³-hybridized carbons (Fsp3) is 0.625. The molecule has 2 N–H and O–H groups in total. The molecular weight excluding hydrogens is 238 g/mol. The van der Waals surface area contributed by atoms with Gasteiger partial charge >= 0.3 is 0 Å². The Morgan fingerprint density at radius 1 is 1.32 bits per heavy atom. The van der Waals surface area contributed by atoms with Gasteiger partial charge in [0.15, 0.2) is 0 Å². The molecule has 0 aromatic heterocycles. The van der Waals surface area contributed by atoms with Gasteiger partial charge in [-0.2, -0.15) is 0 Å². The van der Waals surface area contributed by atoms with Gasteiger partial charge in [-0.25, -0.2) is 0 Å². The van der Waals surface area contributed by atoms with Gasteiger partial charge in [-0.1, -0.05) is 12.8 Å². The van der Waals surface area contributed by atoms with Gasteiger partial charge < -0.3 is 15.2 Å². The molecule has 1 aliphatic carbocycles. The topological polar surface area (TPSA) is 41.5 Å². The molecule has 19 heavy (non-hydrogen) atoms. The van der Waals surface area contributed by atoms with Crippen LogP contribution < -0.4 is 10.1 Å². The molecule has 3 heteroatoms. The Morgan fingerprint density at radius 2 is 2.11 bits per heavy atom. The van der Waals surface area contributed by atoms with E-state index in [1.165, 1.54) is 36.9 Å². The van der Waals surface area contributed by atoms with Crippen molar-refractivity contribution >= 4 is 5.69 Å². The minimum absolute atomic E-state index is 0.230. The molecule has 1 saturated carbocycles. The number of nitrogens with one attached hydrogen (secondary N) is 1. The molecule has 2 aliphatic rings. The van der Waals surface area contributed by atoms with E-state index in [0.29, 0.717) is 12.5 Å². The summed E-state index contributed by atoms with van der Waals surface area (Å²) in [7, 11) is 0. The normalized spacial score (nSPS) is 26.8. The van der Waals surface area contributed by atoms with Crippen LogP contribution in [0.4, 0.5) is 5.69 Å². The lowest BCUT2D eigenvalue weighted by molar-refractivity contribution is 0.122. The fourth-order valence-corrected chi connectivity index (χ4v) is 3.51. The predicted molar refractivity (Wildman–Crippen MR) is 76.7 cm³/mol. The number of hydrogen-bond donors (Lipinski definition) is 2. The standard InChI is InChI=1S/C16H23NO2/c1-2-19-13-7-8-14-12(9-13)10-15(18)16(17-14)11-5-3-4-6-11/h7-9,11,15-18H,2-6,10H2,1H3. The molecule has 104 valence electrons. The SMILES string of the molecule is CCOc1ccc2c(c1)CC(O)C(C1CCCC1)N2. The van der Waals surface area contributed by atoms with E-state index in [1.807, 2.05) is 13.0 Å². The van der Waals surface area contributed by atoms with E-state index in [1.54, 1.807) is 0 Å². The molecule has 1 fully saturated rings. The Kier molecular flexibility index (Phi) is 3.65. The third-order valence-electron chi connectivity index (χ3n) is 4.46. The highest BCUT2D eigenvalue weighted by molar-refractivity contribution is 5.57. The number of fused-ring (bicyclic) bond motifs is 1. The van der Waals surface area contributed by atoms with Crippen molar-refractivity contribution in [1.29, 1.82) is 0 Å². The van der Waals surface area contributed by atoms with E-state index in [9.17, 15) is 5.11 Å². The first kappa shape index (κ1) is 12.8. The van der Waals surface area contributed by atoms with Crippen molar-refractivity contribution in [2.75, 3.05) is 11.9 Å². The highest BCUT2D eigenvalue weighted by atomic mass is 16.5. The molecule has 2 atom stereocenters. The average molecular weight is 261 g/mol. The summed E-state index contributed by atoms with van der Waals surface area (Å²) in [5, 5.41) is 13.9. The highest BCUT2D eigenvalue weighted by Gasteiger charge is 2.34. The summed E-state index contributed by atoms with van der Waals surface area (Å²) >= 11 is 0. The molecule has 3 nitrogen and oxygen atoms in total. The van der Waals surface area contributed by atoms with Gasteiger partial charge in [-0.05, 0) is 49.4 Å². The van der Waals surface area contributed by atoms with Crippen LogP contribution in [0.2, 0.25) is 0 Å². The van der Waals surface area contributed by atoms with Crippen molar-refractivity contribution in [2.24, 2.45) is 5.92 Å². The maximum atomic E-state index is 10.4. The fourth-order valence-electron chi connectivity index (χ4n) is 3.51. The van der Waals surface area contributed by atoms with Crippen LogP contribution in [0.25, 0.3) is 0 Å². The average Bonchev–Trinajstić information content (AvgIpc) is 2.92. The van der Waals surface area contributed by atoms with Crippen LogP contribution in [0.3, 0.4) is 0 Å². The quantitative estimate of drug-likeness (QED) is 0.879.